The molecule has 0 amide bonds. The molecule has 0 N–H and O–H groups in total. The lowest BCUT2D eigenvalue weighted by molar-refractivity contribution is 0.241. The first-order valence-electron chi connectivity index (χ1n) is 9.64. The normalized spacial score (nSPS) is 17.4. The van der Waals surface area contributed by atoms with E-state index < -0.39 is 21.9 Å². The van der Waals surface area contributed by atoms with Crippen LogP contribution in [-0.4, -0.2) is 29.4 Å². The molecule has 7 nitrogen and oxygen atoms in total. The molecule has 2 aromatic carbocycles. The van der Waals surface area contributed by atoms with E-state index in [-0.39, 0.29) is 23.0 Å². The summed E-state index contributed by atoms with van der Waals surface area (Å²) in [5.41, 5.74) is 1.41. The molecule has 0 bridgehead atoms. The summed E-state index contributed by atoms with van der Waals surface area (Å²) in [6.45, 7) is 3.96. The van der Waals surface area contributed by atoms with Gasteiger partial charge in [-0.3, -0.25) is 0 Å². The molecule has 4 rings (SSSR count). The van der Waals surface area contributed by atoms with Crippen LogP contribution in [0.4, 0.5) is 4.39 Å². The second-order valence-corrected chi connectivity index (χ2v) is 9.22. The van der Waals surface area contributed by atoms with Gasteiger partial charge in [0.1, 0.15) is 11.6 Å². The van der Waals surface area contributed by atoms with Crippen molar-refractivity contribution in [1.82, 2.24) is 14.4 Å². The number of ether oxygens (including phenoxy) is 1. The summed E-state index contributed by atoms with van der Waals surface area (Å²) in [7, 11) is -3.81. The van der Waals surface area contributed by atoms with Crippen LogP contribution >= 0.6 is 0 Å². The number of rotatable bonds is 6. The first-order valence-corrected chi connectivity index (χ1v) is 11.1. The van der Waals surface area contributed by atoms with Crippen molar-refractivity contribution in [3.05, 3.63) is 71.1 Å². The molecule has 0 saturated carbocycles. The summed E-state index contributed by atoms with van der Waals surface area (Å²) in [4.78, 5) is 4.40. The molecule has 0 aliphatic carbocycles. The molecule has 3 aromatic rings. The Bertz CT molecular complexity index is 1150. The molecular weight excluding hydrogens is 409 g/mol. The van der Waals surface area contributed by atoms with Gasteiger partial charge < -0.3 is 9.26 Å². The van der Waals surface area contributed by atoms with Crippen LogP contribution in [0.2, 0.25) is 0 Å². The number of benzene rings is 2. The van der Waals surface area contributed by atoms with E-state index >= 15 is 0 Å². The van der Waals surface area contributed by atoms with Crippen molar-refractivity contribution in [2.45, 2.75) is 44.2 Å². The standard InChI is InChI=1S/C21H22FN3O4S/c1-14-5-7-16(8-6-14)28-13-20-23-21(24-29-20)19-4-3-11-25(19)30(26,27)17-9-10-18(22)15(2)12-17/h5-10,12,19H,3-4,11,13H2,1-2H3. The molecule has 1 unspecified atom stereocenters. The van der Waals surface area contributed by atoms with Crippen LogP contribution in [0.1, 0.15) is 41.7 Å². The highest BCUT2D eigenvalue weighted by Crippen LogP contribution is 2.35. The number of nitrogens with zero attached hydrogens (tertiary/aromatic N) is 3. The van der Waals surface area contributed by atoms with Crippen molar-refractivity contribution in [2.75, 3.05) is 6.54 Å². The zero-order chi connectivity index (χ0) is 21.3. The maximum atomic E-state index is 13.6. The molecule has 1 aliphatic heterocycles. The van der Waals surface area contributed by atoms with Gasteiger partial charge in [-0.25, -0.2) is 12.8 Å². The molecular formula is C21H22FN3O4S. The smallest absolute Gasteiger partial charge is 0.264 e. The van der Waals surface area contributed by atoms with E-state index in [0.29, 0.717) is 31.0 Å². The number of sulfonamides is 1. The van der Waals surface area contributed by atoms with E-state index in [1.54, 1.807) is 0 Å². The van der Waals surface area contributed by atoms with Crippen molar-refractivity contribution in [3.8, 4) is 5.75 Å². The third-order valence-electron chi connectivity index (χ3n) is 5.10. The molecule has 9 heteroatoms. The molecule has 158 valence electrons. The molecule has 1 aliphatic rings. The van der Waals surface area contributed by atoms with Crippen LogP contribution in [-0.2, 0) is 16.6 Å². The lowest BCUT2D eigenvalue weighted by atomic mass is 10.2. The van der Waals surface area contributed by atoms with Gasteiger partial charge in [-0.2, -0.15) is 9.29 Å². The summed E-state index contributed by atoms with van der Waals surface area (Å²) in [5.74, 6) is 0.810. The van der Waals surface area contributed by atoms with Crippen molar-refractivity contribution in [2.24, 2.45) is 0 Å². The molecule has 0 spiro atoms. The molecule has 0 radical (unpaired) electrons. The minimum absolute atomic E-state index is 0.0553. The SMILES string of the molecule is Cc1ccc(OCc2nc(C3CCCN3S(=O)(=O)c3ccc(F)c(C)c3)no2)cc1. The molecule has 30 heavy (non-hydrogen) atoms. The van der Waals surface area contributed by atoms with Crippen LogP contribution in [0.5, 0.6) is 5.75 Å². The maximum absolute atomic E-state index is 13.6. The van der Waals surface area contributed by atoms with Gasteiger partial charge in [0.25, 0.3) is 5.89 Å². The fourth-order valence-corrected chi connectivity index (χ4v) is 5.18. The average Bonchev–Trinajstić information content (AvgIpc) is 3.39. The van der Waals surface area contributed by atoms with Gasteiger partial charge in [0.05, 0.1) is 10.9 Å². The molecule has 1 aromatic heterocycles. The van der Waals surface area contributed by atoms with E-state index in [4.69, 9.17) is 9.26 Å². The Morgan fingerprint density at radius 2 is 1.97 bits per heavy atom. The topological polar surface area (TPSA) is 85.5 Å². The number of halogens is 1. The van der Waals surface area contributed by atoms with E-state index in [1.165, 1.54) is 29.4 Å². The van der Waals surface area contributed by atoms with Crippen molar-refractivity contribution in [1.29, 1.82) is 0 Å². The van der Waals surface area contributed by atoms with E-state index in [1.807, 2.05) is 31.2 Å². The maximum Gasteiger partial charge on any atom is 0.264 e. The second-order valence-electron chi connectivity index (χ2n) is 7.33. The zero-order valence-corrected chi connectivity index (χ0v) is 17.5. The van der Waals surface area contributed by atoms with Crippen molar-refractivity contribution in [3.63, 3.8) is 0 Å². The second kappa shape index (κ2) is 8.16. The monoisotopic (exact) mass is 431 g/mol. The predicted molar refractivity (Wildman–Crippen MR) is 107 cm³/mol. The Morgan fingerprint density at radius 1 is 1.20 bits per heavy atom. The van der Waals surface area contributed by atoms with Crippen LogP contribution < -0.4 is 4.74 Å². The quantitative estimate of drug-likeness (QED) is 0.588. The Morgan fingerprint density at radius 3 is 2.70 bits per heavy atom. The summed E-state index contributed by atoms with van der Waals surface area (Å²) in [6.07, 6.45) is 1.25. The molecule has 1 atom stereocenters. The van der Waals surface area contributed by atoms with Crippen LogP contribution in [0.15, 0.2) is 51.9 Å². The van der Waals surface area contributed by atoms with Gasteiger partial charge in [-0.15, -0.1) is 0 Å². The lowest BCUT2D eigenvalue weighted by Gasteiger charge is -2.22. The Hall–Kier alpha value is -2.78. The number of aromatic nitrogens is 2. The average molecular weight is 431 g/mol. The number of hydrogen-bond acceptors (Lipinski definition) is 6. The highest BCUT2D eigenvalue weighted by atomic mass is 32.2. The first-order chi connectivity index (χ1) is 14.3. The third kappa shape index (κ3) is 4.08. The summed E-state index contributed by atoms with van der Waals surface area (Å²) in [6, 6.07) is 10.8. The summed E-state index contributed by atoms with van der Waals surface area (Å²) < 4.78 is 52.1. The minimum Gasteiger partial charge on any atom is -0.484 e. The molecule has 1 fully saturated rings. The largest absolute Gasteiger partial charge is 0.484 e. The number of hydrogen-bond donors (Lipinski definition) is 0. The van der Waals surface area contributed by atoms with Gasteiger partial charge in [-0.1, -0.05) is 22.9 Å². The lowest BCUT2D eigenvalue weighted by Crippen LogP contribution is -2.31. The van der Waals surface area contributed by atoms with Crippen molar-refractivity contribution >= 4 is 10.0 Å². The summed E-state index contributed by atoms with van der Waals surface area (Å²) in [5, 5.41) is 3.98. The van der Waals surface area contributed by atoms with Crippen molar-refractivity contribution < 1.29 is 22.1 Å². The van der Waals surface area contributed by atoms with Gasteiger partial charge in [0, 0.05) is 6.54 Å². The fraction of sp³-hybridized carbons (Fsp3) is 0.333. The fourth-order valence-electron chi connectivity index (χ4n) is 3.44. The van der Waals surface area contributed by atoms with Gasteiger partial charge in [0.2, 0.25) is 10.0 Å². The molecule has 2 heterocycles. The highest BCUT2D eigenvalue weighted by Gasteiger charge is 2.39. The minimum atomic E-state index is -3.81. The van der Waals surface area contributed by atoms with Gasteiger partial charge in [0.15, 0.2) is 12.4 Å². The van der Waals surface area contributed by atoms with E-state index in [9.17, 15) is 12.8 Å². The first kappa shape index (κ1) is 20.5. The zero-order valence-electron chi connectivity index (χ0n) is 16.7. The van der Waals surface area contributed by atoms with Crippen LogP contribution in [0.3, 0.4) is 0 Å². The highest BCUT2D eigenvalue weighted by molar-refractivity contribution is 7.89. The molecule has 1 saturated heterocycles. The Labute approximate surface area is 174 Å². The van der Waals surface area contributed by atoms with Gasteiger partial charge in [-0.05, 0) is 62.6 Å². The Balaban J connectivity index is 1.51. The number of aryl methyl sites for hydroxylation is 2. The predicted octanol–water partition coefficient (Wildman–Crippen LogP) is 3.93. The summed E-state index contributed by atoms with van der Waals surface area (Å²) >= 11 is 0. The third-order valence-corrected chi connectivity index (χ3v) is 7.01. The Kier molecular flexibility index (Phi) is 5.57. The van der Waals surface area contributed by atoms with E-state index in [0.717, 1.165) is 5.56 Å². The van der Waals surface area contributed by atoms with Crippen LogP contribution in [0, 0.1) is 19.7 Å². The van der Waals surface area contributed by atoms with E-state index in [2.05, 4.69) is 10.1 Å². The van der Waals surface area contributed by atoms with Gasteiger partial charge >= 0.3 is 0 Å². The van der Waals surface area contributed by atoms with Crippen LogP contribution in [0.25, 0.3) is 0 Å².